The third-order valence-corrected chi connectivity index (χ3v) is 3.45. The van der Waals surface area contributed by atoms with Gasteiger partial charge in [0, 0.05) is 0 Å². The second kappa shape index (κ2) is 5.63. The van der Waals surface area contributed by atoms with Crippen molar-refractivity contribution in [2.75, 3.05) is 6.61 Å². The third kappa shape index (κ3) is 2.82. The van der Waals surface area contributed by atoms with E-state index < -0.39 is 0 Å². The molecule has 0 bridgehead atoms. The first-order chi connectivity index (χ1) is 9.78. The smallest absolute Gasteiger partial charge is 0.229 e. The zero-order valence-electron chi connectivity index (χ0n) is 11.5. The van der Waals surface area contributed by atoms with Crippen LogP contribution in [-0.2, 0) is 6.42 Å². The Bertz CT molecular complexity index is 578. The topological polar surface area (TPSA) is 68.4 Å². The van der Waals surface area contributed by atoms with Crippen molar-refractivity contribution < 1.29 is 14.4 Å². The fourth-order valence-electron chi connectivity index (χ4n) is 2.21. The second-order valence-corrected chi connectivity index (χ2v) is 5.05. The number of hydrogen-bond donors (Lipinski definition) is 1. The number of aliphatic hydroxyl groups is 1. The largest absolute Gasteiger partial charge is 0.493 e. The fourth-order valence-corrected chi connectivity index (χ4v) is 2.21. The number of rotatable bonds is 6. The minimum Gasteiger partial charge on any atom is -0.493 e. The van der Waals surface area contributed by atoms with Crippen LogP contribution in [0.2, 0.25) is 0 Å². The Morgan fingerprint density at radius 1 is 1.40 bits per heavy atom. The molecule has 1 N–H and O–H groups in total. The lowest BCUT2D eigenvalue weighted by atomic mass is 10.1. The maximum Gasteiger partial charge on any atom is 0.229 e. The Morgan fingerprint density at radius 3 is 2.95 bits per heavy atom. The van der Waals surface area contributed by atoms with Gasteiger partial charge in [-0.25, -0.2) is 0 Å². The van der Waals surface area contributed by atoms with Crippen LogP contribution >= 0.6 is 0 Å². The van der Waals surface area contributed by atoms with E-state index in [0.29, 0.717) is 30.7 Å². The van der Waals surface area contributed by atoms with Crippen LogP contribution in [0.15, 0.2) is 28.8 Å². The molecule has 106 valence electrons. The summed E-state index contributed by atoms with van der Waals surface area (Å²) in [7, 11) is 0. The Labute approximate surface area is 117 Å². The molecule has 3 rings (SSSR count). The number of benzene rings is 1. The molecular weight excluding hydrogens is 256 g/mol. The highest BCUT2D eigenvalue weighted by atomic mass is 16.5. The van der Waals surface area contributed by atoms with Crippen molar-refractivity contribution in [1.82, 2.24) is 10.1 Å². The van der Waals surface area contributed by atoms with Crippen molar-refractivity contribution >= 4 is 0 Å². The van der Waals surface area contributed by atoms with E-state index in [1.807, 2.05) is 31.2 Å². The minimum absolute atomic E-state index is 0.370. The van der Waals surface area contributed by atoms with Gasteiger partial charge in [0.1, 0.15) is 5.75 Å². The molecule has 1 aliphatic carbocycles. The van der Waals surface area contributed by atoms with Gasteiger partial charge >= 0.3 is 0 Å². The number of hydrogen-bond acceptors (Lipinski definition) is 5. The van der Waals surface area contributed by atoms with Crippen molar-refractivity contribution in [2.24, 2.45) is 5.92 Å². The number of nitrogens with zero attached hydrogens (tertiary/aromatic N) is 2. The molecule has 1 aliphatic rings. The van der Waals surface area contributed by atoms with E-state index in [1.165, 1.54) is 0 Å². The summed E-state index contributed by atoms with van der Waals surface area (Å²) in [5.74, 6) is 2.13. The van der Waals surface area contributed by atoms with Gasteiger partial charge in [0.2, 0.25) is 11.7 Å². The molecule has 1 aromatic carbocycles. The summed E-state index contributed by atoms with van der Waals surface area (Å²) >= 11 is 0. The molecule has 2 aromatic rings. The minimum atomic E-state index is -0.370. The average Bonchev–Trinajstić information content (AvgIpc) is 3.21. The van der Waals surface area contributed by atoms with Gasteiger partial charge < -0.3 is 14.4 Å². The first-order valence-electron chi connectivity index (χ1n) is 7.00. The van der Waals surface area contributed by atoms with Gasteiger partial charge in [0.05, 0.1) is 24.7 Å². The molecule has 0 spiro atoms. The molecule has 20 heavy (non-hydrogen) atoms. The lowest BCUT2D eigenvalue weighted by molar-refractivity contribution is 0.140. The predicted molar refractivity (Wildman–Crippen MR) is 73.3 cm³/mol. The molecule has 0 aliphatic heterocycles. The van der Waals surface area contributed by atoms with E-state index in [1.54, 1.807) is 0 Å². The Kier molecular flexibility index (Phi) is 3.69. The van der Waals surface area contributed by atoms with Crippen LogP contribution in [0, 0.1) is 5.92 Å². The lowest BCUT2D eigenvalue weighted by Crippen LogP contribution is -2.12. The van der Waals surface area contributed by atoms with Crippen molar-refractivity contribution in [3.05, 3.63) is 30.2 Å². The first kappa shape index (κ1) is 13.1. The quantitative estimate of drug-likeness (QED) is 0.876. The summed E-state index contributed by atoms with van der Waals surface area (Å²) in [5.41, 5.74) is 0.810. The number of ether oxygens (including phenoxy) is 1. The zero-order chi connectivity index (χ0) is 13.9. The van der Waals surface area contributed by atoms with Gasteiger partial charge in [0.25, 0.3) is 0 Å². The maximum atomic E-state index is 9.91. The lowest BCUT2D eigenvalue weighted by Gasteiger charge is -2.06. The number of aromatic nitrogens is 2. The highest BCUT2D eigenvalue weighted by molar-refractivity contribution is 5.63. The molecule has 5 heteroatoms. The van der Waals surface area contributed by atoms with Crippen LogP contribution in [0.3, 0.4) is 0 Å². The van der Waals surface area contributed by atoms with Gasteiger partial charge in [-0.15, -0.1) is 0 Å². The Hall–Kier alpha value is -1.88. The summed E-state index contributed by atoms with van der Waals surface area (Å²) in [5, 5.41) is 13.9. The molecule has 1 atom stereocenters. The highest BCUT2D eigenvalue weighted by Crippen LogP contribution is 2.34. The second-order valence-electron chi connectivity index (χ2n) is 5.05. The third-order valence-electron chi connectivity index (χ3n) is 3.45. The van der Waals surface area contributed by atoms with E-state index in [-0.39, 0.29) is 6.10 Å². The summed E-state index contributed by atoms with van der Waals surface area (Å²) in [6.07, 6.45) is 2.24. The molecule has 1 unspecified atom stereocenters. The monoisotopic (exact) mass is 274 g/mol. The van der Waals surface area contributed by atoms with Crippen molar-refractivity contribution in [3.8, 4) is 17.1 Å². The predicted octanol–water partition coefficient (Wildman–Crippen LogP) is 2.45. The van der Waals surface area contributed by atoms with Crippen LogP contribution < -0.4 is 4.74 Å². The molecule has 0 radical (unpaired) electrons. The summed E-state index contributed by atoms with van der Waals surface area (Å²) < 4.78 is 10.8. The maximum absolute atomic E-state index is 9.91. The standard InChI is InChI=1S/C15H18N2O3/c1-2-19-13-6-4-3-5-11(13)15-16-14(20-17-15)9-12(18)10-7-8-10/h3-6,10,12,18H,2,7-9H2,1H3. The van der Waals surface area contributed by atoms with Gasteiger partial charge in [-0.05, 0) is 37.8 Å². The van der Waals surface area contributed by atoms with E-state index in [9.17, 15) is 5.11 Å². The van der Waals surface area contributed by atoms with E-state index in [2.05, 4.69) is 10.1 Å². The van der Waals surface area contributed by atoms with E-state index in [4.69, 9.17) is 9.26 Å². The number of aliphatic hydroxyl groups excluding tert-OH is 1. The average molecular weight is 274 g/mol. The SMILES string of the molecule is CCOc1ccccc1-c1noc(CC(O)C2CC2)n1. The van der Waals surface area contributed by atoms with Gasteiger partial charge in [0.15, 0.2) is 0 Å². The van der Waals surface area contributed by atoms with Crippen LogP contribution in [0.1, 0.15) is 25.7 Å². The Morgan fingerprint density at radius 2 is 2.20 bits per heavy atom. The molecule has 1 aromatic heterocycles. The fraction of sp³-hybridized carbons (Fsp3) is 0.467. The molecule has 5 nitrogen and oxygen atoms in total. The molecular formula is C15H18N2O3. The highest BCUT2D eigenvalue weighted by Gasteiger charge is 2.31. The normalized spacial score (nSPS) is 16.1. The number of para-hydroxylation sites is 1. The van der Waals surface area contributed by atoms with Crippen molar-refractivity contribution in [3.63, 3.8) is 0 Å². The van der Waals surface area contributed by atoms with Crippen LogP contribution in [0.4, 0.5) is 0 Å². The Balaban J connectivity index is 1.78. The van der Waals surface area contributed by atoms with E-state index in [0.717, 1.165) is 24.2 Å². The van der Waals surface area contributed by atoms with Crippen LogP contribution in [-0.4, -0.2) is 28.0 Å². The molecule has 0 amide bonds. The van der Waals surface area contributed by atoms with Gasteiger partial charge in [-0.2, -0.15) is 4.98 Å². The van der Waals surface area contributed by atoms with Crippen molar-refractivity contribution in [1.29, 1.82) is 0 Å². The zero-order valence-corrected chi connectivity index (χ0v) is 11.5. The molecule has 1 saturated carbocycles. The summed E-state index contributed by atoms with van der Waals surface area (Å²) in [4.78, 5) is 4.36. The van der Waals surface area contributed by atoms with Crippen LogP contribution in [0.25, 0.3) is 11.4 Å². The van der Waals surface area contributed by atoms with Gasteiger partial charge in [-0.1, -0.05) is 17.3 Å². The van der Waals surface area contributed by atoms with Crippen LogP contribution in [0.5, 0.6) is 5.75 Å². The first-order valence-corrected chi connectivity index (χ1v) is 7.00. The summed E-state index contributed by atoms with van der Waals surface area (Å²) in [6.45, 7) is 2.52. The molecule has 1 fully saturated rings. The summed E-state index contributed by atoms with van der Waals surface area (Å²) in [6, 6.07) is 7.60. The molecule has 0 saturated heterocycles. The van der Waals surface area contributed by atoms with E-state index >= 15 is 0 Å². The van der Waals surface area contributed by atoms with Gasteiger partial charge in [-0.3, -0.25) is 0 Å². The van der Waals surface area contributed by atoms with Crippen molar-refractivity contribution in [2.45, 2.75) is 32.3 Å². The molecule has 1 heterocycles.